The third-order valence-corrected chi connectivity index (χ3v) is 3.21. The van der Waals surface area contributed by atoms with Crippen LogP contribution in [-0.4, -0.2) is 54.5 Å². The van der Waals surface area contributed by atoms with Gasteiger partial charge < -0.3 is 15.6 Å². The van der Waals surface area contributed by atoms with Gasteiger partial charge in [-0.25, -0.2) is 14.2 Å². The van der Waals surface area contributed by atoms with E-state index >= 15 is 0 Å². The number of nitrogen functional groups attached to an aromatic ring is 1. The second kappa shape index (κ2) is 9.15. The Morgan fingerprint density at radius 2 is 1.03 bits per heavy atom. The van der Waals surface area contributed by atoms with Gasteiger partial charge in [0.15, 0.2) is 6.61 Å². The molecule has 1 aromatic carbocycles. The number of phenols is 1. The molecule has 1 aromatic rings. The van der Waals surface area contributed by atoms with Gasteiger partial charge in [0.2, 0.25) is 0 Å². The van der Waals surface area contributed by atoms with E-state index in [9.17, 15) is 71.0 Å². The molecule has 0 aliphatic heterocycles. The van der Waals surface area contributed by atoms with Crippen molar-refractivity contribution in [1.29, 1.82) is 0 Å². The lowest BCUT2D eigenvalue weighted by Gasteiger charge is -2.34. The van der Waals surface area contributed by atoms with Crippen LogP contribution in [0.15, 0.2) is 18.2 Å². The molecular weight excluding hydrogens is 547 g/mol. The lowest BCUT2D eigenvalue weighted by atomic mass is 10.3. The predicted octanol–water partition coefficient (Wildman–Crippen LogP) is 5.52. The van der Waals surface area contributed by atoms with E-state index in [0.29, 0.717) is 6.07 Å². The number of benzene rings is 1. The topological polar surface area (TPSA) is 83.2 Å². The molecule has 0 unspecified atom stereocenters. The zero-order chi connectivity index (χ0) is 27.9. The molecule has 0 aromatic heterocycles. The summed E-state index contributed by atoms with van der Waals surface area (Å²) in [5, 5.41) is 9.20. The molecule has 3 N–H and O–H groups in total. The number of nitrogens with two attached hydrogens (primary N) is 1. The molecule has 1 rings (SSSR count). The Labute approximate surface area is 181 Å². The smallest absolute Gasteiger partial charge is 0.483 e. The molecule has 0 saturated carbocycles. The van der Waals surface area contributed by atoms with E-state index in [4.69, 9.17) is 5.73 Å². The van der Waals surface area contributed by atoms with Gasteiger partial charge in [-0.2, -0.15) is 65.9 Å². The van der Waals surface area contributed by atoms with Gasteiger partial charge in [0.25, 0.3) is 0 Å². The standard InChI is InChI=1S/C14H8F15NO5/c15-8(16,4-32-5-1-2-6(30)7(31)3-5)33-11(22,23)12(24,25)35-14(28,29)13(26,27)34-10(20,21)9(17,18)19/h1-3,31H,4,30H2. The number of anilines is 1. The number of aromatic hydroxyl groups is 1. The van der Waals surface area contributed by atoms with Crippen molar-refractivity contribution in [3.63, 3.8) is 0 Å². The van der Waals surface area contributed by atoms with E-state index < -0.39 is 60.9 Å². The van der Waals surface area contributed by atoms with Crippen molar-refractivity contribution < 1.29 is 89.9 Å². The fraction of sp³-hybridized carbons (Fsp3) is 0.571. The number of rotatable bonds is 11. The molecule has 0 fully saturated rings. The number of phenolic OH excluding ortho intramolecular Hbond substituents is 1. The Bertz CT molecular complexity index is 889. The van der Waals surface area contributed by atoms with Crippen molar-refractivity contribution in [2.75, 3.05) is 12.3 Å². The summed E-state index contributed by atoms with van der Waals surface area (Å²) in [6, 6.07) is 2.08. The second-order valence-corrected chi connectivity index (χ2v) is 6.03. The SMILES string of the molecule is Nc1ccc(OCC(F)(F)OC(F)(F)C(F)(F)OC(F)(F)C(F)(F)OC(F)(F)C(F)(F)F)cc1O. The highest BCUT2D eigenvalue weighted by atomic mass is 19.4. The Kier molecular flexibility index (Phi) is 7.97. The summed E-state index contributed by atoms with van der Waals surface area (Å²) in [5.74, 6) is -1.56. The Hall–Kier alpha value is -2.55. The monoisotopic (exact) mass is 555 g/mol. The van der Waals surface area contributed by atoms with E-state index in [2.05, 4.69) is 9.47 Å². The molecule has 0 radical (unpaired) electrons. The molecule has 0 spiro atoms. The van der Waals surface area contributed by atoms with Crippen molar-refractivity contribution in [3.8, 4) is 11.5 Å². The summed E-state index contributed by atoms with van der Waals surface area (Å²) in [7, 11) is 0. The Morgan fingerprint density at radius 1 is 0.629 bits per heavy atom. The van der Waals surface area contributed by atoms with Gasteiger partial charge in [-0.1, -0.05) is 0 Å². The van der Waals surface area contributed by atoms with Crippen molar-refractivity contribution in [1.82, 2.24) is 0 Å². The van der Waals surface area contributed by atoms with Gasteiger partial charge in [-0.3, -0.25) is 0 Å². The van der Waals surface area contributed by atoms with Crippen molar-refractivity contribution in [3.05, 3.63) is 18.2 Å². The van der Waals surface area contributed by atoms with Crippen LogP contribution in [0.3, 0.4) is 0 Å². The number of ether oxygens (including phenoxy) is 4. The molecule has 0 atom stereocenters. The molecule has 6 nitrogen and oxygen atoms in total. The quantitative estimate of drug-likeness (QED) is 0.213. The van der Waals surface area contributed by atoms with Crippen molar-refractivity contribution in [2.45, 2.75) is 42.8 Å². The first kappa shape index (κ1) is 30.5. The third kappa shape index (κ3) is 7.22. The average Bonchev–Trinajstić information content (AvgIpc) is 2.59. The van der Waals surface area contributed by atoms with Crippen LogP contribution in [0.25, 0.3) is 0 Å². The lowest BCUT2D eigenvalue weighted by molar-refractivity contribution is -0.567. The summed E-state index contributed by atoms with van der Waals surface area (Å²) >= 11 is 0. The van der Waals surface area contributed by atoms with E-state index in [-0.39, 0.29) is 5.69 Å². The Balaban J connectivity index is 3.01. The summed E-state index contributed by atoms with van der Waals surface area (Å²) in [6.45, 7) is -2.42. The van der Waals surface area contributed by atoms with E-state index in [1.54, 1.807) is 4.74 Å². The van der Waals surface area contributed by atoms with Crippen LogP contribution in [-0.2, 0) is 14.2 Å². The number of hydrogen-bond donors (Lipinski definition) is 2. The third-order valence-electron chi connectivity index (χ3n) is 3.21. The highest BCUT2D eigenvalue weighted by Crippen LogP contribution is 2.50. The molecule has 0 saturated heterocycles. The predicted molar refractivity (Wildman–Crippen MR) is 77.0 cm³/mol. The Morgan fingerprint density at radius 3 is 1.43 bits per heavy atom. The van der Waals surface area contributed by atoms with Crippen molar-refractivity contribution >= 4 is 5.69 Å². The van der Waals surface area contributed by atoms with Gasteiger partial charge in [-0.15, -0.1) is 0 Å². The number of hydrogen-bond acceptors (Lipinski definition) is 6. The number of alkyl halides is 15. The van der Waals surface area contributed by atoms with Gasteiger partial charge >= 0.3 is 42.8 Å². The maximum Gasteiger partial charge on any atom is 0.483 e. The highest BCUT2D eigenvalue weighted by Gasteiger charge is 2.76. The van der Waals surface area contributed by atoms with Gasteiger partial charge in [-0.05, 0) is 12.1 Å². The fourth-order valence-electron chi connectivity index (χ4n) is 1.62. The molecule has 35 heavy (non-hydrogen) atoms. The first-order valence-electron chi connectivity index (χ1n) is 7.91. The molecular formula is C14H8F15NO5. The lowest BCUT2D eigenvalue weighted by Crippen LogP contribution is -2.59. The van der Waals surface area contributed by atoms with Crippen LogP contribution in [0.4, 0.5) is 71.5 Å². The normalized spacial score (nSPS) is 14.8. The second-order valence-electron chi connectivity index (χ2n) is 6.03. The minimum atomic E-state index is -7.41. The van der Waals surface area contributed by atoms with E-state index in [1.807, 2.05) is 0 Å². The summed E-state index contributed by atoms with van der Waals surface area (Å²) in [5.41, 5.74) is 4.81. The molecule has 0 amide bonds. The number of halogens is 15. The molecule has 21 heteroatoms. The van der Waals surface area contributed by atoms with Gasteiger partial charge in [0.05, 0.1) is 5.69 Å². The summed E-state index contributed by atoms with van der Waals surface area (Å²) in [4.78, 5) is 0. The zero-order valence-corrected chi connectivity index (χ0v) is 15.8. The molecule has 0 aliphatic carbocycles. The first-order chi connectivity index (χ1) is 15.3. The van der Waals surface area contributed by atoms with Crippen molar-refractivity contribution in [2.24, 2.45) is 0 Å². The van der Waals surface area contributed by atoms with Gasteiger partial charge in [0.1, 0.15) is 11.5 Å². The molecule has 0 aliphatic rings. The fourth-order valence-corrected chi connectivity index (χ4v) is 1.62. The molecule has 0 heterocycles. The first-order valence-corrected chi connectivity index (χ1v) is 7.91. The van der Waals surface area contributed by atoms with Crippen LogP contribution in [0.5, 0.6) is 11.5 Å². The van der Waals surface area contributed by atoms with Crippen LogP contribution >= 0.6 is 0 Å². The summed E-state index contributed by atoms with van der Waals surface area (Å²) in [6.07, 6.45) is -48.8. The average molecular weight is 555 g/mol. The molecule has 0 bridgehead atoms. The minimum Gasteiger partial charge on any atom is -0.506 e. The van der Waals surface area contributed by atoms with E-state index in [1.165, 1.54) is 4.74 Å². The zero-order valence-electron chi connectivity index (χ0n) is 15.8. The van der Waals surface area contributed by atoms with Crippen LogP contribution < -0.4 is 10.5 Å². The highest BCUT2D eigenvalue weighted by molar-refractivity contribution is 5.54. The maximum absolute atomic E-state index is 13.4. The minimum absolute atomic E-state index is 0.335. The summed E-state index contributed by atoms with van der Waals surface area (Å²) < 4.78 is 202. The van der Waals surface area contributed by atoms with Gasteiger partial charge in [0, 0.05) is 6.07 Å². The maximum atomic E-state index is 13.4. The van der Waals surface area contributed by atoms with Crippen LogP contribution in [0.1, 0.15) is 0 Å². The van der Waals surface area contributed by atoms with Crippen LogP contribution in [0.2, 0.25) is 0 Å². The molecule has 204 valence electrons. The largest absolute Gasteiger partial charge is 0.506 e. The van der Waals surface area contributed by atoms with E-state index in [0.717, 1.165) is 12.1 Å². The van der Waals surface area contributed by atoms with Crippen LogP contribution in [0, 0.1) is 0 Å².